The lowest BCUT2D eigenvalue weighted by molar-refractivity contribution is -0.143. The summed E-state index contributed by atoms with van der Waals surface area (Å²) in [5, 5.41) is 2.66. The van der Waals surface area contributed by atoms with Crippen molar-refractivity contribution in [2.24, 2.45) is 11.7 Å². The van der Waals surface area contributed by atoms with Crippen molar-refractivity contribution in [1.29, 1.82) is 0 Å². The molecule has 0 radical (unpaired) electrons. The Morgan fingerprint density at radius 1 is 1.24 bits per heavy atom. The minimum absolute atomic E-state index is 0. The summed E-state index contributed by atoms with van der Waals surface area (Å²) in [7, 11) is 1.20. The van der Waals surface area contributed by atoms with E-state index in [1.807, 2.05) is 13.8 Å². The smallest absolute Gasteiger partial charge is 0.334 e. The summed E-state index contributed by atoms with van der Waals surface area (Å²) in [6.45, 7) is 3.79. The normalized spacial score (nSPS) is 16.3. The monoisotopic (exact) mass is 320 g/mol. The van der Waals surface area contributed by atoms with E-state index in [4.69, 9.17) is 5.73 Å². The molecule has 5 amide bonds. The van der Waals surface area contributed by atoms with E-state index in [0.29, 0.717) is 22.1 Å². The van der Waals surface area contributed by atoms with E-state index in [-0.39, 0.29) is 25.0 Å². The van der Waals surface area contributed by atoms with Gasteiger partial charge in [0.2, 0.25) is 5.91 Å². The molecule has 1 saturated heterocycles. The van der Waals surface area contributed by atoms with Crippen LogP contribution in [-0.2, 0) is 14.4 Å². The fraction of sp³-hybridized carbons (Fsp3) is 0.667. The Kier molecular flexibility index (Phi) is 7.31. The number of rotatable bonds is 6. The number of nitrogens with two attached hydrogens (primary N) is 1. The molecule has 1 fully saturated rings. The summed E-state index contributed by atoms with van der Waals surface area (Å²) in [6.07, 6.45) is 0.697. The van der Waals surface area contributed by atoms with Crippen molar-refractivity contribution in [3.05, 3.63) is 0 Å². The van der Waals surface area contributed by atoms with Crippen LogP contribution in [0.15, 0.2) is 0 Å². The zero-order valence-electron chi connectivity index (χ0n) is 12.3. The molecule has 1 aliphatic heterocycles. The lowest BCUT2D eigenvalue weighted by atomic mass is 10.0. The third-order valence-electron chi connectivity index (χ3n) is 2.96. The summed E-state index contributed by atoms with van der Waals surface area (Å²) < 4.78 is 0. The molecule has 1 rings (SSSR count). The zero-order chi connectivity index (χ0) is 15.4. The van der Waals surface area contributed by atoms with Crippen LogP contribution in [0.2, 0.25) is 0 Å². The lowest BCUT2D eigenvalue weighted by Crippen LogP contribution is -2.47. The van der Waals surface area contributed by atoms with Crippen LogP contribution < -0.4 is 11.1 Å². The second-order valence-corrected chi connectivity index (χ2v) is 5.17. The van der Waals surface area contributed by atoms with Gasteiger partial charge >= 0.3 is 17.8 Å². The van der Waals surface area contributed by atoms with Gasteiger partial charge in [0.15, 0.2) is 0 Å². The fourth-order valence-corrected chi connectivity index (χ4v) is 1.95. The van der Waals surface area contributed by atoms with Gasteiger partial charge in [0.05, 0.1) is 0 Å². The number of likely N-dealkylation sites (N-methyl/N-ethyl adjacent to an activating group) is 1. The van der Waals surface area contributed by atoms with Crippen molar-refractivity contribution in [2.75, 3.05) is 20.1 Å². The Morgan fingerprint density at radius 3 is 2.19 bits per heavy atom. The molecule has 1 heterocycles. The van der Waals surface area contributed by atoms with Gasteiger partial charge in [0.25, 0.3) is 0 Å². The van der Waals surface area contributed by atoms with Crippen molar-refractivity contribution in [3.8, 4) is 0 Å². The molecule has 0 aromatic carbocycles. The zero-order valence-corrected chi connectivity index (χ0v) is 13.1. The Labute approximate surface area is 129 Å². The number of nitrogens with zero attached hydrogens (tertiary/aromatic N) is 2. The van der Waals surface area contributed by atoms with Crippen LogP contribution >= 0.6 is 12.4 Å². The summed E-state index contributed by atoms with van der Waals surface area (Å²) in [6, 6.07) is -1.01. The van der Waals surface area contributed by atoms with Gasteiger partial charge in [-0.2, -0.15) is 0 Å². The lowest BCUT2D eigenvalue weighted by Gasteiger charge is -2.20. The van der Waals surface area contributed by atoms with Gasteiger partial charge in [-0.15, -0.1) is 12.4 Å². The predicted molar refractivity (Wildman–Crippen MR) is 77.6 cm³/mol. The molecule has 0 saturated carbocycles. The second kappa shape index (κ2) is 7.94. The number of hydrogen-bond donors (Lipinski definition) is 2. The maximum Gasteiger partial charge on any atom is 0.334 e. The topological polar surface area (TPSA) is 113 Å². The molecule has 0 spiro atoms. The molecule has 0 aliphatic carbocycles. The summed E-state index contributed by atoms with van der Waals surface area (Å²) in [5.74, 6) is -2.07. The largest absolute Gasteiger partial charge is 0.351 e. The molecule has 1 unspecified atom stereocenters. The summed E-state index contributed by atoms with van der Waals surface area (Å²) >= 11 is 0. The Hall–Kier alpha value is -1.67. The maximum atomic E-state index is 11.8. The molecule has 3 N–H and O–H groups in total. The minimum Gasteiger partial charge on any atom is -0.351 e. The van der Waals surface area contributed by atoms with E-state index < -0.39 is 30.3 Å². The van der Waals surface area contributed by atoms with Gasteiger partial charge in [0, 0.05) is 19.6 Å². The standard InChI is InChI=1S/C12H20N4O4.ClH/c1-7(2)4-8(5-13)14-9(17)6-16-11(19)10(18)15(3)12(16)20;/h7-8H,4-6,13H2,1-3H3,(H,14,17);1H. The third-order valence-corrected chi connectivity index (χ3v) is 2.96. The van der Waals surface area contributed by atoms with Crippen molar-refractivity contribution >= 4 is 36.2 Å². The molecule has 0 aromatic heterocycles. The van der Waals surface area contributed by atoms with Gasteiger partial charge in [-0.1, -0.05) is 13.8 Å². The van der Waals surface area contributed by atoms with Gasteiger partial charge in [-0.3, -0.25) is 19.3 Å². The minimum atomic E-state index is -0.985. The number of nitrogens with one attached hydrogen (secondary N) is 1. The predicted octanol–water partition coefficient (Wildman–Crippen LogP) is -0.682. The molecule has 1 aliphatic rings. The number of imide groups is 2. The van der Waals surface area contributed by atoms with E-state index >= 15 is 0 Å². The van der Waals surface area contributed by atoms with Gasteiger partial charge in [0.1, 0.15) is 6.54 Å². The number of urea groups is 1. The van der Waals surface area contributed by atoms with Crippen molar-refractivity contribution in [2.45, 2.75) is 26.3 Å². The van der Waals surface area contributed by atoms with Crippen LogP contribution in [0, 0.1) is 5.92 Å². The summed E-state index contributed by atoms with van der Waals surface area (Å²) in [4.78, 5) is 47.5. The number of carbonyl (C=O) groups excluding carboxylic acids is 4. The summed E-state index contributed by atoms with van der Waals surface area (Å²) in [5.41, 5.74) is 5.55. The first-order chi connectivity index (χ1) is 9.27. The van der Waals surface area contributed by atoms with Crippen LogP contribution in [-0.4, -0.2) is 59.7 Å². The average molecular weight is 321 g/mol. The molecule has 0 bridgehead atoms. The highest BCUT2D eigenvalue weighted by atomic mass is 35.5. The van der Waals surface area contributed by atoms with Crippen LogP contribution in [0.1, 0.15) is 20.3 Å². The van der Waals surface area contributed by atoms with Crippen LogP contribution in [0.4, 0.5) is 4.79 Å². The fourth-order valence-electron chi connectivity index (χ4n) is 1.95. The third kappa shape index (κ3) is 4.68. The molecule has 1 atom stereocenters. The highest BCUT2D eigenvalue weighted by Crippen LogP contribution is 2.09. The quantitative estimate of drug-likeness (QED) is 0.497. The van der Waals surface area contributed by atoms with E-state index in [1.54, 1.807) is 0 Å². The SMILES string of the molecule is CC(C)CC(CN)NC(=O)CN1C(=O)C(=O)N(C)C1=O.Cl. The number of amides is 5. The Bertz CT molecular complexity index is 441. The van der Waals surface area contributed by atoms with Gasteiger partial charge in [-0.05, 0) is 12.3 Å². The van der Waals surface area contributed by atoms with E-state index in [0.717, 1.165) is 0 Å². The highest BCUT2D eigenvalue weighted by molar-refractivity contribution is 6.44. The average Bonchev–Trinajstić information content (AvgIpc) is 2.55. The van der Waals surface area contributed by atoms with Crippen LogP contribution in [0.5, 0.6) is 0 Å². The number of halogens is 1. The van der Waals surface area contributed by atoms with E-state index in [2.05, 4.69) is 5.32 Å². The molecular formula is C12H21ClN4O4. The van der Waals surface area contributed by atoms with Crippen molar-refractivity contribution < 1.29 is 19.2 Å². The first kappa shape index (κ1) is 19.3. The van der Waals surface area contributed by atoms with Crippen molar-refractivity contribution in [1.82, 2.24) is 15.1 Å². The molecular weight excluding hydrogens is 300 g/mol. The molecule has 0 aromatic rings. The van der Waals surface area contributed by atoms with E-state index in [1.165, 1.54) is 7.05 Å². The van der Waals surface area contributed by atoms with Crippen LogP contribution in [0.25, 0.3) is 0 Å². The molecule has 9 heteroatoms. The van der Waals surface area contributed by atoms with Gasteiger partial charge in [-0.25, -0.2) is 9.69 Å². The maximum absolute atomic E-state index is 11.8. The highest BCUT2D eigenvalue weighted by Gasteiger charge is 2.43. The molecule has 21 heavy (non-hydrogen) atoms. The molecule has 120 valence electrons. The Balaban J connectivity index is 0.00000400. The number of hydrogen-bond acceptors (Lipinski definition) is 5. The van der Waals surface area contributed by atoms with Gasteiger partial charge < -0.3 is 11.1 Å². The first-order valence-corrected chi connectivity index (χ1v) is 6.40. The van der Waals surface area contributed by atoms with Crippen molar-refractivity contribution in [3.63, 3.8) is 0 Å². The van der Waals surface area contributed by atoms with Crippen LogP contribution in [0.3, 0.4) is 0 Å². The van der Waals surface area contributed by atoms with E-state index in [9.17, 15) is 19.2 Å². The second-order valence-electron chi connectivity index (χ2n) is 5.17. The Morgan fingerprint density at radius 2 is 1.81 bits per heavy atom. The number of carbonyl (C=O) groups is 4. The molecule has 8 nitrogen and oxygen atoms in total. The first-order valence-electron chi connectivity index (χ1n) is 6.40.